The summed E-state index contributed by atoms with van der Waals surface area (Å²) >= 11 is 0. The molecule has 0 spiro atoms. The first kappa shape index (κ1) is 20.5. The van der Waals surface area contributed by atoms with Crippen LogP contribution in [0.3, 0.4) is 0 Å². The lowest BCUT2D eigenvalue weighted by atomic mass is 9.95. The van der Waals surface area contributed by atoms with E-state index in [4.69, 9.17) is 0 Å². The van der Waals surface area contributed by atoms with E-state index in [1.165, 1.54) is 6.07 Å². The van der Waals surface area contributed by atoms with Crippen LogP contribution in [0.25, 0.3) is 11.3 Å². The van der Waals surface area contributed by atoms with Crippen LogP contribution in [0.2, 0.25) is 0 Å². The third-order valence-electron chi connectivity index (χ3n) is 5.61. The van der Waals surface area contributed by atoms with Crippen LogP contribution in [-0.4, -0.2) is 34.1 Å². The number of benzene rings is 2. The molecule has 158 valence electrons. The number of amides is 1. The van der Waals surface area contributed by atoms with Crippen molar-refractivity contribution in [2.75, 3.05) is 23.3 Å². The molecule has 2 heterocycles. The molecule has 0 unspecified atom stereocenters. The van der Waals surface area contributed by atoms with Crippen LogP contribution in [0.4, 0.5) is 17.2 Å². The molecule has 8 heteroatoms. The maximum atomic E-state index is 12.8. The van der Waals surface area contributed by atoms with E-state index < -0.39 is 4.92 Å². The SMILES string of the molecule is Cc1cccc([N+](=O)[O-])c1NC(=O)C1CCN(c2ccc(-c3ccccc3)nn2)CC1. The zero-order valence-corrected chi connectivity index (χ0v) is 17.2. The molecule has 0 aliphatic carbocycles. The Morgan fingerprint density at radius 3 is 2.42 bits per heavy atom. The number of carbonyl (C=O) groups excluding carboxylic acids is 1. The van der Waals surface area contributed by atoms with Gasteiger partial charge in [-0.05, 0) is 37.5 Å². The molecule has 31 heavy (non-hydrogen) atoms. The van der Waals surface area contributed by atoms with Crippen molar-refractivity contribution in [3.63, 3.8) is 0 Å². The predicted octanol–water partition coefficient (Wildman–Crippen LogP) is 4.22. The van der Waals surface area contributed by atoms with Crippen molar-refractivity contribution < 1.29 is 9.72 Å². The van der Waals surface area contributed by atoms with Crippen molar-refractivity contribution in [1.82, 2.24) is 10.2 Å². The first-order chi connectivity index (χ1) is 15.0. The Balaban J connectivity index is 1.38. The number of hydrogen-bond acceptors (Lipinski definition) is 6. The summed E-state index contributed by atoms with van der Waals surface area (Å²) in [5.74, 6) is 0.405. The largest absolute Gasteiger partial charge is 0.355 e. The average Bonchev–Trinajstić information content (AvgIpc) is 2.81. The number of rotatable bonds is 5. The molecular formula is C23H23N5O3. The van der Waals surface area contributed by atoms with Crippen LogP contribution >= 0.6 is 0 Å². The van der Waals surface area contributed by atoms with Gasteiger partial charge in [0.2, 0.25) is 5.91 Å². The van der Waals surface area contributed by atoms with Gasteiger partial charge in [0.25, 0.3) is 5.69 Å². The van der Waals surface area contributed by atoms with Gasteiger partial charge in [0.05, 0.1) is 10.6 Å². The molecular weight excluding hydrogens is 394 g/mol. The molecule has 1 fully saturated rings. The summed E-state index contributed by atoms with van der Waals surface area (Å²) in [5, 5.41) is 22.8. The standard InChI is InChI=1S/C23H23N5O3/c1-16-6-5-9-20(28(30)31)22(16)24-23(29)18-12-14-27(15-13-18)21-11-10-19(25-26-21)17-7-3-2-4-8-17/h2-11,18H,12-15H2,1H3,(H,24,29). The number of nitro benzene ring substituents is 1. The minimum atomic E-state index is -0.469. The van der Waals surface area contributed by atoms with Crippen molar-refractivity contribution in [2.24, 2.45) is 5.92 Å². The highest BCUT2D eigenvalue weighted by atomic mass is 16.6. The van der Waals surface area contributed by atoms with E-state index in [2.05, 4.69) is 20.4 Å². The highest BCUT2D eigenvalue weighted by molar-refractivity contribution is 5.95. The second kappa shape index (κ2) is 8.91. The number of anilines is 2. The minimum Gasteiger partial charge on any atom is -0.355 e. The van der Waals surface area contributed by atoms with E-state index in [9.17, 15) is 14.9 Å². The molecule has 1 aliphatic heterocycles. The first-order valence-corrected chi connectivity index (χ1v) is 10.2. The fourth-order valence-corrected chi connectivity index (χ4v) is 3.82. The zero-order chi connectivity index (χ0) is 21.8. The Bertz CT molecular complexity index is 1080. The van der Waals surface area contributed by atoms with Crippen molar-refractivity contribution >= 4 is 23.1 Å². The lowest BCUT2D eigenvalue weighted by molar-refractivity contribution is -0.384. The number of nitro groups is 1. The normalized spacial score (nSPS) is 14.3. The molecule has 0 atom stereocenters. The highest BCUT2D eigenvalue weighted by Crippen LogP contribution is 2.30. The van der Waals surface area contributed by atoms with Crippen molar-refractivity contribution in [3.05, 3.63) is 76.3 Å². The molecule has 0 radical (unpaired) electrons. The van der Waals surface area contributed by atoms with E-state index in [-0.39, 0.29) is 23.2 Å². The maximum absolute atomic E-state index is 12.8. The summed E-state index contributed by atoms with van der Waals surface area (Å²) in [6.45, 7) is 3.10. The third kappa shape index (κ3) is 4.53. The van der Waals surface area contributed by atoms with Crippen LogP contribution in [0.1, 0.15) is 18.4 Å². The average molecular weight is 417 g/mol. The van der Waals surface area contributed by atoms with Crippen molar-refractivity contribution in [2.45, 2.75) is 19.8 Å². The molecule has 2 aromatic carbocycles. The quantitative estimate of drug-likeness (QED) is 0.493. The molecule has 1 aliphatic rings. The second-order valence-corrected chi connectivity index (χ2v) is 7.62. The number of aryl methyl sites for hydroxylation is 1. The van der Waals surface area contributed by atoms with Crippen LogP contribution in [0, 0.1) is 23.0 Å². The van der Waals surface area contributed by atoms with Crippen LogP contribution in [0.5, 0.6) is 0 Å². The van der Waals surface area contributed by atoms with E-state index >= 15 is 0 Å². The van der Waals surface area contributed by atoms with Gasteiger partial charge >= 0.3 is 0 Å². The molecule has 3 aromatic rings. The third-order valence-corrected chi connectivity index (χ3v) is 5.61. The Morgan fingerprint density at radius 1 is 1.03 bits per heavy atom. The monoisotopic (exact) mass is 417 g/mol. The minimum absolute atomic E-state index is 0.0837. The van der Waals surface area contributed by atoms with E-state index in [0.717, 1.165) is 17.1 Å². The van der Waals surface area contributed by atoms with Gasteiger partial charge in [-0.3, -0.25) is 14.9 Å². The zero-order valence-electron chi connectivity index (χ0n) is 17.2. The Labute approximate surface area is 180 Å². The van der Waals surface area contributed by atoms with Gasteiger partial charge in [0.15, 0.2) is 5.82 Å². The number of piperidine rings is 1. The summed E-state index contributed by atoms with van der Waals surface area (Å²) in [4.78, 5) is 25.7. The summed E-state index contributed by atoms with van der Waals surface area (Å²) in [6.07, 6.45) is 1.29. The fourth-order valence-electron chi connectivity index (χ4n) is 3.82. The summed E-state index contributed by atoms with van der Waals surface area (Å²) in [6, 6.07) is 18.6. The lowest BCUT2D eigenvalue weighted by Gasteiger charge is -2.31. The summed E-state index contributed by atoms with van der Waals surface area (Å²) in [5.41, 5.74) is 2.70. The Hall–Kier alpha value is -3.81. The molecule has 1 amide bonds. The fraction of sp³-hybridized carbons (Fsp3) is 0.261. The van der Waals surface area contributed by atoms with Crippen molar-refractivity contribution in [1.29, 1.82) is 0 Å². The number of nitrogens with one attached hydrogen (secondary N) is 1. The van der Waals surface area contributed by atoms with Gasteiger partial charge in [-0.2, -0.15) is 0 Å². The first-order valence-electron chi connectivity index (χ1n) is 10.2. The number of aromatic nitrogens is 2. The van der Waals surface area contributed by atoms with Crippen LogP contribution < -0.4 is 10.2 Å². The van der Waals surface area contributed by atoms with Gasteiger partial charge in [-0.1, -0.05) is 42.5 Å². The van der Waals surface area contributed by atoms with E-state index in [1.807, 2.05) is 42.5 Å². The Kier molecular flexibility index (Phi) is 5.88. The number of nitrogens with zero attached hydrogens (tertiary/aromatic N) is 4. The van der Waals surface area contributed by atoms with E-state index in [0.29, 0.717) is 31.5 Å². The predicted molar refractivity (Wildman–Crippen MR) is 119 cm³/mol. The summed E-state index contributed by atoms with van der Waals surface area (Å²) < 4.78 is 0. The topological polar surface area (TPSA) is 101 Å². The highest BCUT2D eigenvalue weighted by Gasteiger charge is 2.28. The maximum Gasteiger partial charge on any atom is 0.293 e. The van der Waals surface area contributed by atoms with Gasteiger partial charge in [0.1, 0.15) is 5.69 Å². The molecule has 8 nitrogen and oxygen atoms in total. The number of hydrogen-bond donors (Lipinski definition) is 1. The smallest absolute Gasteiger partial charge is 0.293 e. The Morgan fingerprint density at radius 2 is 1.77 bits per heavy atom. The van der Waals surface area contributed by atoms with Gasteiger partial charge in [0, 0.05) is 30.6 Å². The molecule has 0 saturated carbocycles. The molecule has 0 bridgehead atoms. The number of carbonyl (C=O) groups is 1. The van der Waals surface area contributed by atoms with Gasteiger partial charge in [-0.15, -0.1) is 10.2 Å². The lowest BCUT2D eigenvalue weighted by Crippen LogP contribution is -2.38. The molecule has 1 saturated heterocycles. The number of para-hydroxylation sites is 1. The summed E-state index contributed by atoms with van der Waals surface area (Å²) in [7, 11) is 0. The van der Waals surface area contributed by atoms with Crippen molar-refractivity contribution in [3.8, 4) is 11.3 Å². The molecule has 1 N–H and O–H groups in total. The van der Waals surface area contributed by atoms with Crippen LogP contribution in [-0.2, 0) is 4.79 Å². The van der Waals surface area contributed by atoms with Crippen LogP contribution in [0.15, 0.2) is 60.7 Å². The molecule has 1 aromatic heterocycles. The van der Waals surface area contributed by atoms with Gasteiger partial charge in [-0.25, -0.2) is 0 Å². The van der Waals surface area contributed by atoms with E-state index in [1.54, 1.807) is 19.1 Å². The van der Waals surface area contributed by atoms with Gasteiger partial charge < -0.3 is 10.2 Å². The molecule has 4 rings (SSSR count). The second-order valence-electron chi connectivity index (χ2n) is 7.62.